The van der Waals surface area contributed by atoms with Crippen LogP contribution in [0.2, 0.25) is 0 Å². The van der Waals surface area contributed by atoms with Crippen LogP contribution in [0.4, 0.5) is 0 Å². The predicted octanol–water partition coefficient (Wildman–Crippen LogP) is 3.67. The zero-order valence-electron chi connectivity index (χ0n) is 10.1. The van der Waals surface area contributed by atoms with Crippen molar-refractivity contribution in [3.05, 3.63) is 52.0 Å². The summed E-state index contributed by atoms with van der Waals surface area (Å²) in [4.78, 5) is 28.7. The molecular formula is C15H7BrN2O2. The molecular weight excluding hydrogens is 320 g/mol. The number of benzene rings is 2. The lowest BCUT2D eigenvalue weighted by molar-refractivity contribution is 0.561. The first kappa shape index (κ1) is 12.7. The van der Waals surface area contributed by atoms with Gasteiger partial charge in [-0.2, -0.15) is 9.98 Å². The minimum atomic E-state index is -0.481. The molecule has 0 spiro atoms. The molecule has 0 radical (unpaired) electrons. The molecule has 0 aliphatic heterocycles. The highest BCUT2D eigenvalue weighted by Crippen LogP contribution is 2.42. The first-order valence-electron chi connectivity index (χ1n) is 5.84. The molecule has 1 atom stereocenters. The smallest absolute Gasteiger partial charge is 0.211 e. The minimum absolute atomic E-state index is 0.458. The third-order valence-electron chi connectivity index (χ3n) is 3.28. The van der Waals surface area contributed by atoms with Crippen LogP contribution in [0.1, 0.15) is 17.2 Å². The van der Waals surface area contributed by atoms with Gasteiger partial charge in [0, 0.05) is 10.0 Å². The number of rotatable bonds is 2. The quantitative estimate of drug-likeness (QED) is 0.624. The molecule has 0 N–H and O–H groups in total. The second kappa shape index (κ2) is 4.99. The topological polar surface area (TPSA) is 58.9 Å². The maximum absolute atomic E-state index is 10.6. The summed E-state index contributed by atoms with van der Waals surface area (Å²) in [6, 6.07) is 9.15. The van der Waals surface area contributed by atoms with E-state index >= 15 is 0 Å². The summed E-state index contributed by atoms with van der Waals surface area (Å²) in [5.74, 6) is 0. The van der Waals surface area contributed by atoms with Gasteiger partial charge in [-0.25, -0.2) is 9.59 Å². The molecule has 20 heavy (non-hydrogen) atoms. The highest BCUT2D eigenvalue weighted by atomic mass is 79.9. The van der Waals surface area contributed by atoms with Crippen molar-refractivity contribution in [3.63, 3.8) is 0 Å². The van der Waals surface area contributed by atoms with Gasteiger partial charge in [0.2, 0.25) is 12.2 Å². The van der Waals surface area contributed by atoms with Crippen LogP contribution in [0, 0.1) is 0 Å². The van der Waals surface area contributed by atoms with E-state index in [0.29, 0.717) is 5.70 Å². The van der Waals surface area contributed by atoms with Gasteiger partial charge in [0.15, 0.2) is 0 Å². The Labute approximate surface area is 122 Å². The van der Waals surface area contributed by atoms with Gasteiger partial charge < -0.3 is 0 Å². The Balaban J connectivity index is 2.47. The van der Waals surface area contributed by atoms with Gasteiger partial charge in [-0.1, -0.05) is 40.2 Å². The van der Waals surface area contributed by atoms with Crippen LogP contribution < -0.4 is 0 Å². The summed E-state index contributed by atoms with van der Waals surface area (Å²) in [6.45, 7) is 0. The lowest BCUT2D eigenvalue weighted by atomic mass is 9.88. The fourth-order valence-corrected chi connectivity index (χ4v) is 3.04. The van der Waals surface area contributed by atoms with Crippen LogP contribution in [0.3, 0.4) is 0 Å². The van der Waals surface area contributed by atoms with Gasteiger partial charge in [-0.3, -0.25) is 0 Å². The van der Waals surface area contributed by atoms with Gasteiger partial charge in [0.05, 0.1) is 5.70 Å². The van der Waals surface area contributed by atoms with Crippen LogP contribution in [0.15, 0.2) is 50.9 Å². The molecule has 5 heteroatoms. The van der Waals surface area contributed by atoms with E-state index in [2.05, 4.69) is 25.9 Å². The van der Waals surface area contributed by atoms with Crippen molar-refractivity contribution < 1.29 is 9.59 Å². The fourth-order valence-electron chi connectivity index (χ4n) is 2.51. The van der Waals surface area contributed by atoms with Crippen LogP contribution >= 0.6 is 15.9 Å². The van der Waals surface area contributed by atoms with E-state index in [1.807, 2.05) is 30.3 Å². The molecule has 2 aromatic rings. The lowest BCUT2D eigenvalue weighted by Crippen LogP contribution is -2.03. The van der Waals surface area contributed by atoms with E-state index < -0.39 is 6.04 Å². The van der Waals surface area contributed by atoms with Crippen molar-refractivity contribution in [2.24, 2.45) is 9.98 Å². The average Bonchev–Trinajstić information content (AvgIpc) is 2.45. The number of carbonyl (C=O) groups excluding carboxylic acids is 2. The monoisotopic (exact) mass is 326 g/mol. The maximum Gasteiger partial charge on any atom is 0.240 e. The normalized spacial score (nSPS) is 16.1. The molecule has 3 rings (SSSR count). The molecule has 1 aliphatic rings. The molecule has 2 aromatic carbocycles. The third-order valence-corrected chi connectivity index (χ3v) is 3.94. The van der Waals surface area contributed by atoms with Crippen molar-refractivity contribution in [2.45, 2.75) is 6.04 Å². The first-order chi connectivity index (χ1) is 9.76. The molecule has 0 amide bonds. The third kappa shape index (κ3) is 1.86. The molecule has 0 bridgehead atoms. The van der Waals surface area contributed by atoms with Crippen molar-refractivity contribution in [3.8, 4) is 0 Å². The van der Waals surface area contributed by atoms with E-state index in [9.17, 15) is 9.59 Å². The van der Waals surface area contributed by atoms with E-state index in [1.165, 1.54) is 0 Å². The predicted molar refractivity (Wildman–Crippen MR) is 78.6 cm³/mol. The van der Waals surface area contributed by atoms with E-state index in [4.69, 9.17) is 0 Å². The molecule has 0 aromatic heterocycles. The Morgan fingerprint density at radius 1 is 1.10 bits per heavy atom. The van der Waals surface area contributed by atoms with Crippen molar-refractivity contribution >= 4 is 44.6 Å². The highest BCUT2D eigenvalue weighted by molar-refractivity contribution is 9.10. The van der Waals surface area contributed by atoms with Crippen molar-refractivity contribution in [2.75, 3.05) is 0 Å². The summed E-state index contributed by atoms with van der Waals surface area (Å²) in [6.07, 6.45) is 4.78. The van der Waals surface area contributed by atoms with Crippen LogP contribution in [-0.2, 0) is 9.59 Å². The van der Waals surface area contributed by atoms with Gasteiger partial charge in [0.1, 0.15) is 6.04 Å². The zero-order valence-corrected chi connectivity index (χ0v) is 11.7. The SMILES string of the molecule is O=C=NC1=CC(N=C=O)c2cccc3ccc(Br)c1c23. The average molecular weight is 327 g/mol. The van der Waals surface area contributed by atoms with Crippen LogP contribution in [-0.4, -0.2) is 12.2 Å². The summed E-state index contributed by atoms with van der Waals surface area (Å²) in [7, 11) is 0. The molecule has 4 nitrogen and oxygen atoms in total. The van der Waals surface area contributed by atoms with Crippen molar-refractivity contribution in [1.82, 2.24) is 0 Å². The second-order valence-electron chi connectivity index (χ2n) is 4.29. The van der Waals surface area contributed by atoms with E-state index in [-0.39, 0.29) is 0 Å². The Morgan fingerprint density at radius 3 is 2.70 bits per heavy atom. The maximum atomic E-state index is 10.6. The van der Waals surface area contributed by atoms with E-state index in [0.717, 1.165) is 26.4 Å². The van der Waals surface area contributed by atoms with Gasteiger partial charge in [-0.05, 0) is 28.5 Å². The summed E-state index contributed by atoms with van der Waals surface area (Å²) in [5, 5.41) is 1.93. The zero-order chi connectivity index (χ0) is 14.1. The number of nitrogens with zero attached hydrogens (tertiary/aromatic N) is 2. The van der Waals surface area contributed by atoms with Crippen LogP contribution in [0.25, 0.3) is 16.5 Å². The van der Waals surface area contributed by atoms with Gasteiger partial charge >= 0.3 is 0 Å². The number of isocyanates is 2. The first-order valence-corrected chi connectivity index (χ1v) is 6.63. The van der Waals surface area contributed by atoms with Gasteiger partial charge in [0.25, 0.3) is 0 Å². The highest BCUT2D eigenvalue weighted by Gasteiger charge is 2.23. The molecule has 1 aliphatic carbocycles. The number of hydrogen-bond donors (Lipinski definition) is 0. The standard InChI is InChI=1S/C15H7BrN2O2/c16-11-5-4-9-2-1-3-10-12(17-7-19)6-13(18-8-20)15(11)14(9)10/h1-6,12H. The summed E-state index contributed by atoms with van der Waals surface area (Å²) in [5.41, 5.74) is 2.17. The Morgan fingerprint density at radius 2 is 1.95 bits per heavy atom. The molecule has 96 valence electrons. The van der Waals surface area contributed by atoms with Crippen LogP contribution in [0.5, 0.6) is 0 Å². The number of halogens is 1. The minimum Gasteiger partial charge on any atom is -0.211 e. The van der Waals surface area contributed by atoms with Gasteiger partial charge in [-0.15, -0.1) is 0 Å². The number of hydrogen-bond acceptors (Lipinski definition) is 4. The Bertz CT molecular complexity index is 844. The largest absolute Gasteiger partial charge is 0.240 e. The summed E-state index contributed by atoms with van der Waals surface area (Å²) < 4.78 is 0.830. The molecule has 1 unspecified atom stereocenters. The molecule has 0 heterocycles. The number of aliphatic imine (C=N–C) groups is 2. The molecule has 0 saturated heterocycles. The van der Waals surface area contributed by atoms with E-state index in [1.54, 1.807) is 18.2 Å². The molecule has 0 fully saturated rings. The second-order valence-corrected chi connectivity index (χ2v) is 5.14. The van der Waals surface area contributed by atoms with Crippen molar-refractivity contribution in [1.29, 1.82) is 0 Å². The lowest BCUT2D eigenvalue weighted by Gasteiger charge is -2.20. The molecule has 0 saturated carbocycles. The fraction of sp³-hybridized carbons (Fsp3) is 0.0667. The summed E-state index contributed by atoms with van der Waals surface area (Å²) >= 11 is 3.48. The Hall–Kier alpha value is -2.32. The Kier molecular flexibility index (Phi) is 3.17.